The van der Waals surface area contributed by atoms with E-state index in [-0.39, 0.29) is 28.9 Å². The van der Waals surface area contributed by atoms with Crippen molar-refractivity contribution in [1.82, 2.24) is 5.32 Å². The van der Waals surface area contributed by atoms with Crippen LogP contribution >= 0.6 is 0 Å². The van der Waals surface area contributed by atoms with Crippen LogP contribution in [0.1, 0.15) is 80.3 Å². The predicted molar refractivity (Wildman–Crippen MR) is 216 cm³/mol. The number of amides is 1. The van der Waals surface area contributed by atoms with Crippen LogP contribution in [0.3, 0.4) is 0 Å². The first-order valence-electron chi connectivity index (χ1n) is 20.5. The fourth-order valence-corrected chi connectivity index (χ4v) is 10.6. The van der Waals surface area contributed by atoms with Gasteiger partial charge in [0.25, 0.3) is 5.91 Å². The summed E-state index contributed by atoms with van der Waals surface area (Å²) in [5, 5.41) is 28.3. The highest BCUT2D eigenvalue weighted by molar-refractivity contribution is 5.96. The van der Waals surface area contributed by atoms with Gasteiger partial charge in [-0.1, -0.05) is 80.6 Å². The molecule has 4 fully saturated rings. The highest BCUT2D eigenvalue weighted by atomic mass is 16.7. The Labute approximate surface area is 357 Å². The highest BCUT2D eigenvalue weighted by Gasteiger charge is 2.84. The molecule has 0 aromatic heterocycles. The number of aliphatic hydroxyl groups excluding tert-OH is 1. The molecule has 1 amide bonds. The van der Waals surface area contributed by atoms with Crippen LogP contribution in [0, 0.1) is 16.7 Å². The molecule has 2 heterocycles. The molecule has 2 unspecified atom stereocenters. The molecule has 0 spiro atoms. The fourth-order valence-electron chi connectivity index (χ4n) is 10.6. The van der Waals surface area contributed by atoms with Crippen molar-refractivity contribution in [2.45, 2.75) is 108 Å². The van der Waals surface area contributed by atoms with Crippen molar-refractivity contribution in [3.8, 4) is 0 Å². The lowest BCUT2D eigenvalue weighted by Crippen LogP contribution is -2.81. The summed E-state index contributed by atoms with van der Waals surface area (Å²) in [5.41, 5.74) is -6.33. The van der Waals surface area contributed by atoms with E-state index in [1.165, 1.54) is 19.1 Å². The molecular formula is C47H49NO14. The standard InChI is InChI=1S/C47H49NO14/c1-24-30(59-43(55)33(51)32(27-16-10-7-11-17-27)48-41(53)28-18-12-8-13-19-28)22-47(56)40(61-42(54)29-20-14-9-15-21-29)36-45(6,37(52)34(58-25(2)49)31(24)44(47,4)5)38-35(60-38)39-46(36,23-57-39)62-26(3)50/h7-21,30,32-36,38-40,51,56H,22-23H2,1-6H3,(H,48,53)/t30-,32-,33+,34+,35?,36-,38?,39+,40-,45+,46+,47+/m0/s1. The molecule has 3 aliphatic carbocycles. The Bertz CT molecular complexity index is 2330. The van der Waals surface area contributed by atoms with Gasteiger partial charge >= 0.3 is 23.9 Å². The van der Waals surface area contributed by atoms with Crippen LogP contribution in [0.5, 0.6) is 0 Å². The number of hydrogen-bond acceptors (Lipinski definition) is 14. The zero-order chi connectivity index (χ0) is 44.5. The molecule has 15 heteroatoms. The van der Waals surface area contributed by atoms with E-state index in [2.05, 4.69) is 5.32 Å². The van der Waals surface area contributed by atoms with E-state index in [0.29, 0.717) is 5.56 Å². The fraction of sp³-hybridized carbons (Fsp3) is 0.447. The highest BCUT2D eigenvalue weighted by Crippen LogP contribution is 2.68. The van der Waals surface area contributed by atoms with Crippen LogP contribution < -0.4 is 5.32 Å². The second-order valence-electron chi connectivity index (χ2n) is 17.6. The molecule has 12 atom stereocenters. The molecule has 5 aliphatic rings. The van der Waals surface area contributed by atoms with Gasteiger partial charge in [0, 0.05) is 31.2 Å². The van der Waals surface area contributed by atoms with Gasteiger partial charge < -0.3 is 44.0 Å². The largest absolute Gasteiger partial charge is 0.456 e. The van der Waals surface area contributed by atoms with Gasteiger partial charge in [0.2, 0.25) is 0 Å². The molecule has 3 N–H and O–H groups in total. The molecule has 2 bridgehead atoms. The summed E-state index contributed by atoms with van der Waals surface area (Å²) in [6.07, 6.45) is -9.94. The minimum Gasteiger partial charge on any atom is -0.456 e. The smallest absolute Gasteiger partial charge is 0.338 e. The molecule has 8 rings (SSSR count). The van der Waals surface area contributed by atoms with E-state index in [9.17, 15) is 34.2 Å². The van der Waals surface area contributed by atoms with E-state index < -0.39 is 119 Å². The molecule has 62 heavy (non-hydrogen) atoms. The second kappa shape index (κ2) is 15.6. The number of ether oxygens (including phenoxy) is 6. The van der Waals surface area contributed by atoms with Crippen LogP contribution in [0.15, 0.2) is 102 Å². The van der Waals surface area contributed by atoms with Crippen molar-refractivity contribution in [3.63, 3.8) is 0 Å². The minimum atomic E-state index is -2.32. The van der Waals surface area contributed by atoms with Crippen molar-refractivity contribution >= 4 is 35.6 Å². The molecule has 3 aromatic carbocycles. The van der Waals surface area contributed by atoms with Crippen LogP contribution in [0.2, 0.25) is 0 Å². The Morgan fingerprint density at radius 1 is 0.806 bits per heavy atom. The Hall–Kier alpha value is -5.74. The van der Waals surface area contributed by atoms with Crippen molar-refractivity contribution in [2.24, 2.45) is 16.7 Å². The number of carbonyl (C=O) groups excluding carboxylic acids is 6. The molecule has 0 radical (unpaired) electrons. The maximum absolute atomic E-state index is 15.6. The molecule has 15 nitrogen and oxygen atoms in total. The lowest BCUT2D eigenvalue weighted by atomic mass is 9.45. The number of hydrogen-bond donors (Lipinski definition) is 3. The molecule has 2 aliphatic heterocycles. The Morgan fingerprint density at radius 3 is 1.97 bits per heavy atom. The van der Waals surface area contributed by atoms with Gasteiger partial charge in [0.1, 0.15) is 30.0 Å². The van der Waals surface area contributed by atoms with Crippen molar-refractivity contribution in [1.29, 1.82) is 0 Å². The van der Waals surface area contributed by atoms with E-state index >= 15 is 4.79 Å². The first-order valence-corrected chi connectivity index (χ1v) is 20.5. The van der Waals surface area contributed by atoms with E-state index in [1.54, 1.807) is 107 Å². The third-order valence-electron chi connectivity index (χ3n) is 13.7. The Balaban J connectivity index is 1.27. The number of epoxide rings is 1. The van der Waals surface area contributed by atoms with Crippen molar-refractivity contribution in [2.75, 3.05) is 6.61 Å². The monoisotopic (exact) mass is 851 g/mol. The van der Waals surface area contributed by atoms with Gasteiger partial charge in [-0.2, -0.15) is 0 Å². The summed E-state index contributed by atoms with van der Waals surface area (Å²) < 4.78 is 36.8. The van der Waals surface area contributed by atoms with Gasteiger partial charge in [-0.3, -0.25) is 19.2 Å². The van der Waals surface area contributed by atoms with Gasteiger partial charge in [-0.25, -0.2) is 9.59 Å². The third kappa shape index (κ3) is 6.73. The number of nitrogens with one attached hydrogen (secondary N) is 1. The predicted octanol–water partition coefficient (Wildman–Crippen LogP) is 3.75. The maximum Gasteiger partial charge on any atom is 0.338 e. The summed E-state index contributed by atoms with van der Waals surface area (Å²) in [6.45, 7) is 8.40. The van der Waals surface area contributed by atoms with Crippen LogP contribution in [-0.2, 0) is 47.6 Å². The third-order valence-corrected chi connectivity index (χ3v) is 13.7. The number of carbonyl (C=O) groups is 6. The summed E-state index contributed by atoms with van der Waals surface area (Å²) in [7, 11) is 0. The molecule has 326 valence electrons. The normalized spacial score (nSPS) is 33.5. The quantitative estimate of drug-likeness (QED) is 0.115. The van der Waals surface area contributed by atoms with Gasteiger partial charge in [0.15, 0.2) is 23.6 Å². The lowest BCUT2D eigenvalue weighted by Gasteiger charge is -2.65. The number of ketones is 1. The minimum absolute atomic E-state index is 0.0712. The SMILES string of the molecule is CC(=O)O[C@H]1C(=O)[C@]2(C)C3OC3[C@H]3OC[C@@]3(OC(C)=O)[C@H]2[C@H](OC(=O)c2ccccc2)[C@]2(O)C[C@H](OC(=O)[C@H](O)[C@@H](NC(=O)c3ccccc3)c3ccccc3)C(C)=C1C2(C)C. The summed E-state index contributed by atoms with van der Waals surface area (Å²) in [5.74, 6) is -6.31. The van der Waals surface area contributed by atoms with Crippen LogP contribution in [-0.4, -0.2) is 106 Å². The molecule has 3 aromatic rings. The number of fused-ring (bicyclic) bond motifs is 8. The number of benzene rings is 3. The zero-order valence-corrected chi connectivity index (χ0v) is 35.1. The van der Waals surface area contributed by atoms with E-state index in [0.717, 1.165) is 6.92 Å². The van der Waals surface area contributed by atoms with Crippen molar-refractivity contribution < 1.29 is 67.4 Å². The summed E-state index contributed by atoms with van der Waals surface area (Å²) in [4.78, 5) is 83.7. The lowest BCUT2D eigenvalue weighted by molar-refractivity contribution is -0.325. The van der Waals surface area contributed by atoms with Crippen LogP contribution in [0.25, 0.3) is 0 Å². The topological polar surface area (TPSA) is 214 Å². The van der Waals surface area contributed by atoms with Crippen molar-refractivity contribution in [3.05, 3.63) is 119 Å². The average molecular weight is 852 g/mol. The molecular weight excluding hydrogens is 803 g/mol. The summed E-state index contributed by atoms with van der Waals surface area (Å²) in [6, 6.07) is 23.2. The first kappa shape index (κ1) is 42.9. The maximum atomic E-state index is 15.6. The Morgan fingerprint density at radius 2 is 1.40 bits per heavy atom. The van der Waals surface area contributed by atoms with Gasteiger partial charge in [0.05, 0.1) is 35.6 Å². The first-order chi connectivity index (χ1) is 29.4. The van der Waals surface area contributed by atoms with Crippen LogP contribution in [0.4, 0.5) is 0 Å². The second-order valence-corrected chi connectivity index (χ2v) is 17.6. The number of Topliss-reactive ketones (excluding diaryl/α,β-unsaturated/α-hetero) is 1. The van der Waals surface area contributed by atoms with Gasteiger partial charge in [-0.05, 0) is 54.8 Å². The zero-order valence-electron chi connectivity index (χ0n) is 35.1. The van der Waals surface area contributed by atoms with E-state index in [1.807, 2.05) is 0 Å². The number of esters is 4. The van der Waals surface area contributed by atoms with Gasteiger partial charge in [-0.15, -0.1) is 0 Å². The number of rotatable bonds is 10. The Kier molecular flexibility index (Phi) is 10.8. The van der Waals surface area contributed by atoms with E-state index in [4.69, 9.17) is 28.4 Å². The summed E-state index contributed by atoms with van der Waals surface area (Å²) >= 11 is 0. The molecule has 2 saturated heterocycles. The average Bonchev–Trinajstić information content (AvgIpc) is 4.03. The number of aliphatic hydroxyl groups is 2. The molecule has 2 saturated carbocycles.